The van der Waals surface area contributed by atoms with Crippen LogP contribution < -0.4 is 5.32 Å². The zero-order chi connectivity index (χ0) is 12.6. The molecule has 1 fully saturated rings. The van der Waals surface area contributed by atoms with Gasteiger partial charge in [0.05, 0.1) is 12.7 Å². The summed E-state index contributed by atoms with van der Waals surface area (Å²) in [5, 5.41) is 3.50. The van der Waals surface area contributed by atoms with Crippen LogP contribution in [0.15, 0.2) is 30.3 Å². The van der Waals surface area contributed by atoms with Crippen LogP contribution in [0.1, 0.15) is 18.9 Å². The lowest BCUT2D eigenvalue weighted by Crippen LogP contribution is -2.44. The standard InChI is InChI=1S/C15H24N2O/c1-2-15-13-17(10-11-18-15)9-8-16-12-14-6-4-3-5-7-14/h3-7,15-16H,2,8-13H2,1H3. The predicted octanol–water partition coefficient (Wildman–Crippen LogP) is 1.89. The van der Waals surface area contributed by atoms with Crippen LogP contribution >= 0.6 is 0 Å². The quantitative estimate of drug-likeness (QED) is 0.778. The van der Waals surface area contributed by atoms with Gasteiger partial charge in [0.25, 0.3) is 0 Å². The summed E-state index contributed by atoms with van der Waals surface area (Å²) in [5.41, 5.74) is 1.35. The highest BCUT2D eigenvalue weighted by Crippen LogP contribution is 2.07. The Morgan fingerprint density at radius 1 is 1.33 bits per heavy atom. The number of hydrogen-bond donors (Lipinski definition) is 1. The molecule has 0 bridgehead atoms. The van der Waals surface area contributed by atoms with Crippen molar-refractivity contribution in [1.82, 2.24) is 10.2 Å². The summed E-state index contributed by atoms with van der Waals surface area (Å²) in [6.45, 7) is 8.37. The molecule has 1 N–H and O–H groups in total. The smallest absolute Gasteiger partial charge is 0.0700 e. The van der Waals surface area contributed by atoms with Gasteiger partial charge in [0.15, 0.2) is 0 Å². The maximum absolute atomic E-state index is 5.67. The zero-order valence-electron chi connectivity index (χ0n) is 11.3. The molecule has 1 unspecified atom stereocenters. The lowest BCUT2D eigenvalue weighted by molar-refractivity contribution is -0.0290. The molecule has 3 nitrogen and oxygen atoms in total. The maximum atomic E-state index is 5.67. The molecule has 100 valence electrons. The molecule has 1 aromatic rings. The minimum atomic E-state index is 0.438. The third-order valence-electron chi connectivity index (χ3n) is 3.46. The van der Waals surface area contributed by atoms with Gasteiger partial charge in [-0.15, -0.1) is 0 Å². The third kappa shape index (κ3) is 4.41. The molecule has 1 heterocycles. The SMILES string of the molecule is CCC1CN(CCNCc2ccccc2)CCO1. The van der Waals surface area contributed by atoms with Crippen LogP contribution in [0, 0.1) is 0 Å². The molecular weight excluding hydrogens is 224 g/mol. The third-order valence-corrected chi connectivity index (χ3v) is 3.46. The van der Waals surface area contributed by atoms with Crippen LogP contribution in [0.25, 0.3) is 0 Å². The molecule has 2 rings (SSSR count). The molecule has 1 atom stereocenters. The first kappa shape index (κ1) is 13.5. The second kappa shape index (κ2) is 7.52. The van der Waals surface area contributed by atoms with Crippen LogP contribution in [-0.2, 0) is 11.3 Å². The van der Waals surface area contributed by atoms with E-state index in [2.05, 4.69) is 47.5 Å². The van der Waals surface area contributed by atoms with E-state index in [0.717, 1.165) is 45.8 Å². The molecule has 1 aromatic carbocycles. The Balaban J connectivity index is 1.60. The Kier molecular flexibility index (Phi) is 5.65. The average molecular weight is 248 g/mol. The van der Waals surface area contributed by atoms with Crippen molar-refractivity contribution in [3.8, 4) is 0 Å². The van der Waals surface area contributed by atoms with Gasteiger partial charge in [0.2, 0.25) is 0 Å². The molecule has 1 aliphatic rings. The van der Waals surface area contributed by atoms with Crippen molar-refractivity contribution in [3.05, 3.63) is 35.9 Å². The van der Waals surface area contributed by atoms with Gasteiger partial charge in [0, 0.05) is 32.7 Å². The van der Waals surface area contributed by atoms with Gasteiger partial charge in [-0.2, -0.15) is 0 Å². The van der Waals surface area contributed by atoms with E-state index in [4.69, 9.17) is 4.74 Å². The summed E-state index contributed by atoms with van der Waals surface area (Å²) in [6.07, 6.45) is 1.56. The van der Waals surface area contributed by atoms with Crippen LogP contribution in [0.4, 0.5) is 0 Å². The van der Waals surface area contributed by atoms with E-state index in [9.17, 15) is 0 Å². The van der Waals surface area contributed by atoms with Gasteiger partial charge in [-0.25, -0.2) is 0 Å². The maximum Gasteiger partial charge on any atom is 0.0700 e. The van der Waals surface area contributed by atoms with E-state index < -0.39 is 0 Å². The summed E-state index contributed by atoms with van der Waals surface area (Å²) in [6, 6.07) is 10.6. The first-order valence-electron chi connectivity index (χ1n) is 6.97. The largest absolute Gasteiger partial charge is 0.376 e. The van der Waals surface area contributed by atoms with E-state index in [0.29, 0.717) is 6.10 Å². The molecular formula is C15H24N2O. The van der Waals surface area contributed by atoms with E-state index >= 15 is 0 Å². The van der Waals surface area contributed by atoms with E-state index in [-0.39, 0.29) is 0 Å². The molecule has 1 aliphatic heterocycles. The highest BCUT2D eigenvalue weighted by Gasteiger charge is 2.17. The van der Waals surface area contributed by atoms with Crippen LogP contribution in [-0.4, -0.2) is 43.8 Å². The Morgan fingerprint density at radius 2 is 2.17 bits per heavy atom. The van der Waals surface area contributed by atoms with Gasteiger partial charge in [-0.3, -0.25) is 4.90 Å². The summed E-state index contributed by atoms with van der Waals surface area (Å²) in [5.74, 6) is 0. The number of ether oxygens (including phenoxy) is 1. The van der Waals surface area contributed by atoms with Crippen LogP contribution in [0.5, 0.6) is 0 Å². The Morgan fingerprint density at radius 3 is 2.94 bits per heavy atom. The summed E-state index contributed by atoms with van der Waals surface area (Å²) in [7, 11) is 0. The topological polar surface area (TPSA) is 24.5 Å². The van der Waals surface area contributed by atoms with Gasteiger partial charge in [-0.05, 0) is 12.0 Å². The fraction of sp³-hybridized carbons (Fsp3) is 0.600. The first-order chi connectivity index (χ1) is 8.88. The molecule has 1 saturated heterocycles. The van der Waals surface area contributed by atoms with Gasteiger partial charge in [0.1, 0.15) is 0 Å². The van der Waals surface area contributed by atoms with Crippen molar-refractivity contribution in [3.63, 3.8) is 0 Å². The number of benzene rings is 1. The lowest BCUT2D eigenvalue weighted by Gasteiger charge is -2.32. The van der Waals surface area contributed by atoms with E-state index in [1.807, 2.05) is 0 Å². The van der Waals surface area contributed by atoms with E-state index in [1.54, 1.807) is 0 Å². The molecule has 0 amide bonds. The lowest BCUT2D eigenvalue weighted by atomic mass is 10.2. The highest BCUT2D eigenvalue weighted by atomic mass is 16.5. The van der Waals surface area contributed by atoms with Crippen LogP contribution in [0.3, 0.4) is 0 Å². The number of rotatable bonds is 6. The van der Waals surface area contributed by atoms with Crippen molar-refractivity contribution < 1.29 is 4.74 Å². The fourth-order valence-electron chi connectivity index (χ4n) is 2.30. The van der Waals surface area contributed by atoms with Crippen LogP contribution in [0.2, 0.25) is 0 Å². The first-order valence-corrected chi connectivity index (χ1v) is 6.97. The molecule has 0 saturated carbocycles. The summed E-state index contributed by atoms with van der Waals surface area (Å²) in [4.78, 5) is 2.50. The number of nitrogens with zero attached hydrogens (tertiary/aromatic N) is 1. The molecule has 18 heavy (non-hydrogen) atoms. The van der Waals surface area contributed by atoms with Crippen molar-refractivity contribution in [2.75, 3.05) is 32.8 Å². The summed E-state index contributed by atoms with van der Waals surface area (Å²) < 4.78 is 5.67. The number of nitrogens with one attached hydrogen (secondary N) is 1. The minimum absolute atomic E-state index is 0.438. The molecule has 0 aromatic heterocycles. The summed E-state index contributed by atoms with van der Waals surface area (Å²) >= 11 is 0. The molecule has 0 radical (unpaired) electrons. The predicted molar refractivity (Wildman–Crippen MR) is 74.6 cm³/mol. The molecule has 3 heteroatoms. The molecule has 0 aliphatic carbocycles. The fourth-order valence-corrected chi connectivity index (χ4v) is 2.30. The Labute approximate surface area is 110 Å². The highest BCUT2D eigenvalue weighted by molar-refractivity contribution is 5.14. The second-order valence-electron chi connectivity index (χ2n) is 4.86. The minimum Gasteiger partial charge on any atom is -0.376 e. The second-order valence-corrected chi connectivity index (χ2v) is 4.86. The molecule has 0 spiro atoms. The van der Waals surface area contributed by atoms with Crippen molar-refractivity contribution in [1.29, 1.82) is 0 Å². The average Bonchev–Trinajstić information content (AvgIpc) is 2.45. The monoisotopic (exact) mass is 248 g/mol. The Hall–Kier alpha value is -0.900. The number of morpholine rings is 1. The normalized spacial score (nSPS) is 21.1. The number of hydrogen-bond acceptors (Lipinski definition) is 3. The van der Waals surface area contributed by atoms with Gasteiger partial charge < -0.3 is 10.1 Å². The van der Waals surface area contributed by atoms with Crippen molar-refractivity contribution in [2.24, 2.45) is 0 Å². The van der Waals surface area contributed by atoms with E-state index in [1.165, 1.54) is 5.56 Å². The van der Waals surface area contributed by atoms with Gasteiger partial charge in [-0.1, -0.05) is 37.3 Å². The zero-order valence-corrected chi connectivity index (χ0v) is 11.3. The van der Waals surface area contributed by atoms with Crippen molar-refractivity contribution >= 4 is 0 Å². The Bertz CT molecular complexity index is 329. The van der Waals surface area contributed by atoms with Crippen molar-refractivity contribution in [2.45, 2.75) is 26.0 Å². The van der Waals surface area contributed by atoms with Gasteiger partial charge >= 0.3 is 0 Å².